The van der Waals surface area contributed by atoms with Gasteiger partial charge in [0.05, 0.1) is 12.6 Å². The second-order valence-corrected chi connectivity index (χ2v) is 4.61. The quantitative estimate of drug-likeness (QED) is 0.822. The van der Waals surface area contributed by atoms with Crippen LogP contribution < -0.4 is 5.32 Å². The van der Waals surface area contributed by atoms with Gasteiger partial charge in [0.1, 0.15) is 0 Å². The van der Waals surface area contributed by atoms with Crippen LogP contribution in [0.1, 0.15) is 51.4 Å². The maximum Gasteiger partial charge on any atom is 0.165 e. The molecule has 1 saturated carbocycles. The van der Waals surface area contributed by atoms with Crippen LogP contribution in [0, 0.1) is 5.92 Å². The SMILES string of the molecule is CCNCc1nnnn1C(C)C1CCCC1. The minimum absolute atomic E-state index is 0.436. The van der Waals surface area contributed by atoms with Crippen molar-refractivity contribution in [2.45, 2.75) is 52.1 Å². The fraction of sp³-hybridized carbons (Fsp3) is 0.909. The molecule has 0 radical (unpaired) electrons. The van der Waals surface area contributed by atoms with E-state index in [1.807, 2.05) is 4.68 Å². The summed E-state index contributed by atoms with van der Waals surface area (Å²) in [4.78, 5) is 0. The van der Waals surface area contributed by atoms with Gasteiger partial charge < -0.3 is 5.32 Å². The second kappa shape index (κ2) is 5.39. The predicted molar refractivity (Wildman–Crippen MR) is 61.9 cm³/mol. The molecule has 1 fully saturated rings. The molecular formula is C11H21N5. The predicted octanol–water partition coefficient (Wildman–Crippen LogP) is 1.53. The zero-order valence-electron chi connectivity index (χ0n) is 10.2. The Hall–Kier alpha value is -0.970. The van der Waals surface area contributed by atoms with Gasteiger partial charge in [0.2, 0.25) is 0 Å². The molecule has 0 aliphatic heterocycles. The van der Waals surface area contributed by atoms with Gasteiger partial charge in [0.15, 0.2) is 5.82 Å². The highest BCUT2D eigenvalue weighted by Gasteiger charge is 2.25. The van der Waals surface area contributed by atoms with Crippen molar-refractivity contribution in [3.8, 4) is 0 Å². The van der Waals surface area contributed by atoms with E-state index in [0.717, 1.165) is 24.8 Å². The molecule has 1 atom stereocenters. The molecule has 5 nitrogen and oxygen atoms in total. The largest absolute Gasteiger partial charge is 0.310 e. The molecule has 1 aliphatic rings. The van der Waals surface area contributed by atoms with Crippen LogP contribution in [0.25, 0.3) is 0 Å². The number of hydrogen-bond acceptors (Lipinski definition) is 4. The first-order valence-electron chi connectivity index (χ1n) is 6.30. The maximum atomic E-state index is 4.13. The lowest BCUT2D eigenvalue weighted by atomic mass is 10.00. The molecule has 0 spiro atoms. The summed E-state index contributed by atoms with van der Waals surface area (Å²) in [5.74, 6) is 1.71. The summed E-state index contributed by atoms with van der Waals surface area (Å²) in [5.41, 5.74) is 0. The van der Waals surface area contributed by atoms with Gasteiger partial charge in [-0.2, -0.15) is 0 Å². The van der Waals surface area contributed by atoms with E-state index in [4.69, 9.17) is 0 Å². The summed E-state index contributed by atoms with van der Waals surface area (Å²) in [7, 11) is 0. The zero-order chi connectivity index (χ0) is 11.4. The highest BCUT2D eigenvalue weighted by molar-refractivity contribution is 4.86. The number of aromatic nitrogens is 4. The molecule has 0 aromatic carbocycles. The second-order valence-electron chi connectivity index (χ2n) is 4.61. The Bertz CT molecular complexity index is 316. The highest BCUT2D eigenvalue weighted by atomic mass is 15.6. The van der Waals surface area contributed by atoms with Crippen LogP contribution in [-0.4, -0.2) is 26.8 Å². The van der Waals surface area contributed by atoms with Crippen LogP contribution in [0.5, 0.6) is 0 Å². The fourth-order valence-corrected chi connectivity index (χ4v) is 2.52. The number of nitrogens with zero attached hydrogens (tertiary/aromatic N) is 4. The van der Waals surface area contributed by atoms with E-state index in [-0.39, 0.29) is 0 Å². The van der Waals surface area contributed by atoms with Crippen LogP contribution in [0.4, 0.5) is 0 Å². The van der Waals surface area contributed by atoms with Gasteiger partial charge in [0.25, 0.3) is 0 Å². The van der Waals surface area contributed by atoms with Gasteiger partial charge in [-0.05, 0) is 42.7 Å². The smallest absolute Gasteiger partial charge is 0.165 e. The van der Waals surface area contributed by atoms with Crippen molar-refractivity contribution < 1.29 is 0 Å². The van der Waals surface area contributed by atoms with Crippen LogP contribution >= 0.6 is 0 Å². The van der Waals surface area contributed by atoms with E-state index in [1.54, 1.807) is 0 Å². The molecule has 0 amide bonds. The summed E-state index contributed by atoms with van der Waals surface area (Å²) in [6, 6.07) is 0.436. The first-order chi connectivity index (χ1) is 7.83. The molecule has 2 rings (SSSR count). The summed E-state index contributed by atoms with van der Waals surface area (Å²) < 4.78 is 2.00. The van der Waals surface area contributed by atoms with E-state index >= 15 is 0 Å². The Morgan fingerprint density at radius 2 is 2.19 bits per heavy atom. The van der Waals surface area contributed by atoms with Crippen molar-refractivity contribution >= 4 is 0 Å². The van der Waals surface area contributed by atoms with E-state index < -0.39 is 0 Å². The van der Waals surface area contributed by atoms with E-state index in [0.29, 0.717) is 6.04 Å². The molecular weight excluding hydrogens is 202 g/mol. The normalized spacial score (nSPS) is 19.1. The van der Waals surface area contributed by atoms with Gasteiger partial charge in [-0.1, -0.05) is 19.8 Å². The van der Waals surface area contributed by atoms with Crippen molar-refractivity contribution in [2.75, 3.05) is 6.54 Å². The van der Waals surface area contributed by atoms with Crippen molar-refractivity contribution in [1.82, 2.24) is 25.5 Å². The van der Waals surface area contributed by atoms with Crippen LogP contribution in [0.3, 0.4) is 0 Å². The molecule has 1 aromatic heterocycles. The monoisotopic (exact) mass is 223 g/mol. The Morgan fingerprint density at radius 1 is 1.44 bits per heavy atom. The average molecular weight is 223 g/mol. The molecule has 16 heavy (non-hydrogen) atoms. The number of rotatable bonds is 5. The highest BCUT2D eigenvalue weighted by Crippen LogP contribution is 2.33. The van der Waals surface area contributed by atoms with Crippen molar-refractivity contribution in [1.29, 1.82) is 0 Å². The zero-order valence-corrected chi connectivity index (χ0v) is 10.2. The minimum Gasteiger partial charge on any atom is -0.310 e. The van der Waals surface area contributed by atoms with Gasteiger partial charge in [-0.15, -0.1) is 5.10 Å². The van der Waals surface area contributed by atoms with Crippen molar-refractivity contribution in [3.05, 3.63) is 5.82 Å². The lowest BCUT2D eigenvalue weighted by Crippen LogP contribution is -2.22. The third-order valence-electron chi connectivity index (χ3n) is 3.56. The molecule has 1 aliphatic carbocycles. The van der Waals surface area contributed by atoms with Crippen LogP contribution in [0.15, 0.2) is 0 Å². The lowest BCUT2D eigenvalue weighted by Gasteiger charge is -2.19. The summed E-state index contributed by atoms with van der Waals surface area (Å²) >= 11 is 0. The molecule has 90 valence electrons. The summed E-state index contributed by atoms with van der Waals surface area (Å²) in [6.45, 7) is 6.04. The van der Waals surface area contributed by atoms with Crippen molar-refractivity contribution in [3.63, 3.8) is 0 Å². The average Bonchev–Trinajstić information content (AvgIpc) is 2.96. The third kappa shape index (κ3) is 2.40. The fourth-order valence-electron chi connectivity index (χ4n) is 2.52. The first kappa shape index (κ1) is 11.5. The molecule has 1 heterocycles. The molecule has 1 N–H and O–H groups in total. The van der Waals surface area contributed by atoms with Gasteiger partial charge in [-0.3, -0.25) is 0 Å². The van der Waals surface area contributed by atoms with Gasteiger partial charge >= 0.3 is 0 Å². The van der Waals surface area contributed by atoms with E-state index in [2.05, 4.69) is 34.7 Å². The van der Waals surface area contributed by atoms with Crippen molar-refractivity contribution in [2.24, 2.45) is 5.92 Å². The third-order valence-corrected chi connectivity index (χ3v) is 3.56. The summed E-state index contributed by atoms with van der Waals surface area (Å²) in [5, 5.41) is 15.3. The topological polar surface area (TPSA) is 55.6 Å². The molecule has 1 unspecified atom stereocenters. The first-order valence-corrected chi connectivity index (χ1v) is 6.30. The van der Waals surface area contributed by atoms with Crippen LogP contribution in [0.2, 0.25) is 0 Å². The molecule has 1 aromatic rings. The Balaban J connectivity index is 2.03. The number of nitrogens with one attached hydrogen (secondary N) is 1. The Labute approximate surface area is 96.6 Å². The summed E-state index contributed by atoms with van der Waals surface area (Å²) in [6.07, 6.45) is 5.36. The minimum atomic E-state index is 0.436. The Morgan fingerprint density at radius 3 is 2.88 bits per heavy atom. The van der Waals surface area contributed by atoms with Crippen LogP contribution in [-0.2, 0) is 6.54 Å². The standard InChI is InChI=1S/C11H21N5/c1-3-12-8-11-13-14-15-16(11)9(2)10-6-4-5-7-10/h9-10,12H,3-8H2,1-2H3. The lowest BCUT2D eigenvalue weighted by molar-refractivity contribution is 0.319. The van der Waals surface area contributed by atoms with E-state index in [1.165, 1.54) is 25.7 Å². The van der Waals surface area contributed by atoms with Gasteiger partial charge in [0, 0.05) is 0 Å². The molecule has 0 saturated heterocycles. The maximum absolute atomic E-state index is 4.13. The Kier molecular flexibility index (Phi) is 3.88. The number of hydrogen-bond donors (Lipinski definition) is 1. The van der Waals surface area contributed by atoms with Gasteiger partial charge in [-0.25, -0.2) is 4.68 Å². The van der Waals surface area contributed by atoms with E-state index in [9.17, 15) is 0 Å². The molecule has 5 heteroatoms. The molecule has 0 bridgehead atoms. The number of tetrazole rings is 1.